The minimum Gasteiger partial charge on any atom is -0.347 e. The van der Waals surface area contributed by atoms with Crippen LogP contribution in [0.4, 0.5) is 8.78 Å². The molecule has 3 rings (SSSR count). The fraction of sp³-hybridized carbons (Fsp3) is 0.600. The summed E-state index contributed by atoms with van der Waals surface area (Å²) in [6.45, 7) is 0.287. The Bertz CT molecular complexity index is 674. The summed E-state index contributed by atoms with van der Waals surface area (Å²) < 4.78 is 64.6. The number of benzene rings is 1. The topological polar surface area (TPSA) is 64.6 Å². The van der Waals surface area contributed by atoms with Gasteiger partial charge >= 0.3 is 0 Å². The smallest absolute Gasteiger partial charge is 0.243 e. The second kappa shape index (κ2) is 6.43. The summed E-state index contributed by atoms with van der Waals surface area (Å²) in [5, 5.41) is 0. The van der Waals surface area contributed by atoms with E-state index in [1.165, 1.54) is 0 Å². The number of nitrogens with one attached hydrogen (secondary N) is 1. The molecule has 1 N–H and O–H groups in total. The van der Waals surface area contributed by atoms with Crippen LogP contribution >= 0.6 is 0 Å². The van der Waals surface area contributed by atoms with Crippen molar-refractivity contribution in [3.63, 3.8) is 0 Å². The molecular weight excluding hydrogens is 328 g/mol. The maximum Gasteiger partial charge on any atom is 0.243 e. The number of hydrogen-bond acceptors (Lipinski definition) is 4. The Balaban J connectivity index is 1.61. The lowest BCUT2D eigenvalue weighted by molar-refractivity contribution is -0.186. The van der Waals surface area contributed by atoms with Crippen molar-refractivity contribution in [3.05, 3.63) is 29.8 Å². The van der Waals surface area contributed by atoms with Gasteiger partial charge in [-0.15, -0.1) is 0 Å². The van der Waals surface area contributed by atoms with E-state index in [2.05, 4.69) is 4.72 Å². The summed E-state index contributed by atoms with van der Waals surface area (Å²) in [6.07, 6.45) is 4.41. The van der Waals surface area contributed by atoms with Crippen LogP contribution in [0.2, 0.25) is 0 Å². The van der Waals surface area contributed by atoms with Crippen LogP contribution in [0.25, 0.3) is 0 Å². The first-order chi connectivity index (χ1) is 10.9. The minimum absolute atomic E-state index is 0.0130. The molecule has 1 spiro atoms. The van der Waals surface area contributed by atoms with Crippen LogP contribution in [-0.4, -0.2) is 33.5 Å². The molecule has 2 fully saturated rings. The molecule has 0 amide bonds. The van der Waals surface area contributed by atoms with Gasteiger partial charge in [0.2, 0.25) is 10.0 Å². The third-order valence-electron chi connectivity index (χ3n) is 4.21. The van der Waals surface area contributed by atoms with E-state index in [4.69, 9.17) is 9.47 Å². The fourth-order valence-electron chi connectivity index (χ4n) is 3.04. The lowest BCUT2D eigenvalue weighted by Gasteiger charge is -2.31. The van der Waals surface area contributed by atoms with Crippen LogP contribution in [0.1, 0.15) is 32.1 Å². The van der Waals surface area contributed by atoms with E-state index >= 15 is 0 Å². The summed E-state index contributed by atoms with van der Waals surface area (Å²) in [4.78, 5) is -0.579. The van der Waals surface area contributed by atoms with Gasteiger partial charge in [0.05, 0.1) is 12.7 Å². The minimum atomic E-state index is -4.06. The summed E-state index contributed by atoms with van der Waals surface area (Å²) in [5.74, 6) is -2.53. The highest BCUT2D eigenvalue weighted by molar-refractivity contribution is 7.89. The van der Waals surface area contributed by atoms with Crippen molar-refractivity contribution in [2.24, 2.45) is 0 Å². The lowest BCUT2D eigenvalue weighted by Crippen LogP contribution is -2.37. The molecule has 0 aromatic heterocycles. The van der Waals surface area contributed by atoms with E-state index in [0.717, 1.165) is 44.2 Å². The van der Waals surface area contributed by atoms with Crippen molar-refractivity contribution in [1.82, 2.24) is 4.72 Å². The highest BCUT2D eigenvalue weighted by Crippen LogP contribution is 2.37. The highest BCUT2D eigenvalue weighted by atomic mass is 32.2. The van der Waals surface area contributed by atoms with Gasteiger partial charge < -0.3 is 9.47 Å². The zero-order valence-electron chi connectivity index (χ0n) is 12.6. The standard InChI is InChI=1S/C15H19F2NO4S/c16-11-4-5-14(13(17)8-11)23(19,20)18-9-12-10-21-15(22-12)6-2-1-3-7-15/h4-5,8,12,18H,1-3,6-7,9-10H2/t12-/m1/s1. The number of sulfonamides is 1. The molecule has 1 heterocycles. The van der Waals surface area contributed by atoms with Crippen molar-refractivity contribution in [1.29, 1.82) is 0 Å². The molecule has 8 heteroatoms. The zero-order valence-corrected chi connectivity index (χ0v) is 13.4. The second-order valence-electron chi connectivity index (χ2n) is 5.95. The zero-order chi connectivity index (χ0) is 16.5. The van der Waals surface area contributed by atoms with Gasteiger partial charge in [-0.1, -0.05) is 6.42 Å². The van der Waals surface area contributed by atoms with Gasteiger partial charge in [0.15, 0.2) is 5.79 Å². The van der Waals surface area contributed by atoms with Gasteiger partial charge in [-0.25, -0.2) is 21.9 Å². The molecule has 0 unspecified atom stereocenters. The molecule has 0 radical (unpaired) electrons. The van der Waals surface area contributed by atoms with Crippen molar-refractivity contribution in [2.75, 3.05) is 13.2 Å². The second-order valence-corrected chi connectivity index (χ2v) is 7.68. The Morgan fingerprint density at radius 3 is 2.65 bits per heavy atom. The van der Waals surface area contributed by atoms with E-state index in [-0.39, 0.29) is 6.54 Å². The molecule has 1 aliphatic heterocycles. The van der Waals surface area contributed by atoms with Gasteiger partial charge in [-0.3, -0.25) is 0 Å². The predicted octanol–water partition coefficient (Wildman–Crippen LogP) is 2.32. The maximum absolute atomic E-state index is 13.6. The van der Waals surface area contributed by atoms with Crippen molar-refractivity contribution in [2.45, 2.75) is 48.9 Å². The summed E-state index contributed by atoms with van der Waals surface area (Å²) >= 11 is 0. The van der Waals surface area contributed by atoms with Gasteiger partial charge in [0, 0.05) is 25.5 Å². The Morgan fingerprint density at radius 2 is 1.96 bits per heavy atom. The number of ether oxygens (including phenoxy) is 2. The molecule has 0 bridgehead atoms. The van der Waals surface area contributed by atoms with Crippen LogP contribution in [-0.2, 0) is 19.5 Å². The first kappa shape index (κ1) is 16.8. The number of hydrogen-bond donors (Lipinski definition) is 1. The SMILES string of the molecule is O=S(=O)(NC[C@@H]1COC2(CCCCC2)O1)c1ccc(F)cc1F. The molecule has 1 saturated heterocycles. The van der Waals surface area contributed by atoms with E-state index in [0.29, 0.717) is 12.7 Å². The van der Waals surface area contributed by atoms with Crippen molar-refractivity contribution < 1.29 is 26.7 Å². The third kappa shape index (κ3) is 3.71. The maximum atomic E-state index is 13.6. The van der Waals surface area contributed by atoms with E-state index < -0.39 is 38.4 Å². The van der Waals surface area contributed by atoms with E-state index in [1.54, 1.807) is 0 Å². The molecule has 1 aliphatic carbocycles. The summed E-state index contributed by atoms with van der Waals surface area (Å²) in [5.41, 5.74) is 0. The summed E-state index contributed by atoms with van der Waals surface area (Å²) in [6, 6.07) is 2.35. The van der Waals surface area contributed by atoms with Gasteiger partial charge in [-0.2, -0.15) is 0 Å². The van der Waals surface area contributed by atoms with Crippen molar-refractivity contribution >= 4 is 10.0 Å². The predicted molar refractivity (Wildman–Crippen MR) is 78.2 cm³/mol. The lowest BCUT2D eigenvalue weighted by atomic mass is 9.94. The molecule has 1 atom stereocenters. The first-order valence-corrected chi connectivity index (χ1v) is 9.15. The van der Waals surface area contributed by atoms with Gasteiger partial charge in [0.1, 0.15) is 16.5 Å². The first-order valence-electron chi connectivity index (χ1n) is 7.67. The van der Waals surface area contributed by atoms with Gasteiger partial charge in [-0.05, 0) is 25.0 Å². The Morgan fingerprint density at radius 1 is 1.22 bits per heavy atom. The number of rotatable bonds is 4. The Kier molecular flexibility index (Phi) is 4.68. The molecule has 5 nitrogen and oxygen atoms in total. The van der Waals surface area contributed by atoms with Crippen LogP contribution in [0.15, 0.2) is 23.1 Å². The van der Waals surface area contributed by atoms with Crippen LogP contribution in [0.5, 0.6) is 0 Å². The van der Waals surface area contributed by atoms with Crippen LogP contribution in [0.3, 0.4) is 0 Å². The van der Waals surface area contributed by atoms with E-state index in [1.807, 2.05) is 0 Å². The molecule has 1 saturated carbocycles. The number of halogens is 2. The van der Waals surface area contributed by atoms with Crippen LogP contribution in [0, 0.1) is 11.6 Å². The molecule has 128 valence electrons. The Hall–Kier alpha value is -1.09. The quantitative estimate of drug-likeness (QED) is 0.908. The molecule has 1 aromatic carbocycles. The molecule has 1 aromatic rings. The Labute approximate surface area is 134 Å². The average molecular weight is 347 g/mol. The summed E-state index contributed by atoms with van der Waals surface area (Å²) in [7, 11) is -4.06. The molecule has 2 aliphatic rings. The highest BCUT2D eigenvalue weighted by Gasteiger charge is 2.42. The van der Waals surface area contributed by atoms with Crippen LogP contribution < -0.4 is 4.72 Å². The fourth-order valence-corrected chi connectivity index (χ4v) is 4.17. The molecule has 23 heavy (non-hydrogen) atoms. The monoisotopic (exact) mass is 347 g/mol. The van der Waals surface area contributed by atoms with E-state index in [9.17, 15) is 17.2 Å². The normalized spacial score (nSPS) is 24.2. The largest absolute Gasteiger partial charge is 0.347 e. The van der Waals surface area contributed by atoms with Crippen molar-refractivity contribution in [3.8, 4) is 0 Å². The molecular formula is C15H19F2NO4S. The van der Waals surface area contributed by atoms with Gasteiger partial charge in [0.25, 0.3) is 0 Å². The average Bonchev–Trinajstić information content (AvgIpc) is 2.88. The third-order valence-corrected chi connectivity index (χ3v) is 5.67.